The van der Waals surface area contributed by atoms with Gasteiger partial charge in [0.15, 0.2) is 5.12 Å². The summed E-state index contributed by atoms with van der Waals surface area (Å²) in [7, 11) is 0. The van der Waals surface area contributed by atoms with Crippen LogP contribution >= 0.6 is 25.3 Å². The minimum Gasteiger partial charge on any atom is -0.288 e. The molecule has 0 aromatic heterocycles. The molecule has 0 unspecified atom stereocenters. The predicted octanol–water partition coefficient (Wildman–Crippen LogP) is 1.54. The highest BCUT2D eigenvalue weighted by Crippen LogP contribution is 1.98. The molecule has 0 spiro atoms. The van der Waals surface area contributed by atoms with E-state index in [4.69, 9.17) is 0 Å². The molecule has 0 atom stereocenters. The Morgan fingerprint density at radius 2 is 2.00 bits per heavy atom. The molecule has 0 saturated carbocycles. The van der Waals surface area contributed by atoms with Crippen LogP contribution in [0.15, 0.2) is 0 Å². The summed E-state index contributed by atoms with van der Waals surface area (Å²) in [4.78, 5) is 10.2. The van der Waals surface area contributed by atoms with E-state index in [9.17, 15) is 4.79 Å². The monoisotopic (exact) mass is 150 g/mol. The van der Waals surface area contributed by atoms with E-state index in [0.717, 1.165) is 18.6 Å². The quantitative estimate of drug-likeness (QED) is 0.459. The van der Waals surface area contributed by atoms with Crippen molar-refractivity contribution in [3.63, 3.8) is 0 Å². The van der Waals surface area contributed by atoms with E-state index in [1.165, 1.54) is 0 Å². The maximum absolute atomic E-state index is 10.2. The first-order valence-electron chi connectivity index (χ1n) is 2.60. The number of hydrogen-bond acceptors (Lipinski definition) is 2. The van der Waals surface area contributed by atoms with Gasteiger partial charge in [-0.05, 0) is 18.6 Å². The molecule has 0 aliphatic rings. The fraction of sp³-hybridized carbons (Fsp3) is 0.800. The van der Waals surface area contributed by atoms with Crippen LogP contribution in [0.5, 0.6) is 0 Å². The highest BCUT2D eigenvalue weighted by Gasteiger charge is 1.91. The van der Waals surface area contributed by atoms with Gasteiger partial charge in [-0.25, -0.2) is 0 Å². The Labute approximate surface area is 60.7 Å². The van der Waals surface area contributed by atoms with Crippen LogP contribution in [-0.4, -0.2) is 10.9 Å². The Bertz CT molecular complexity index is 72.8. The van der Waals surface area contributed by atoms with Crippen molar-refractivity contribution < 1.29 is 4.79 Å². The molecule has 0 amide bonds. The average Bonchev–Trinajstić information content (AvgIpc) is 1.66. The normalized spacial score (nSPS) is 9.25. The maximum atomic E-state index is 10.2. The second-order valence-electron chi connectivity index (χ2n) is 1.57. The zero-order valence-electron chi connectivity index (χ0n) is 4.63. The summed E-state index contributed by atoms with van der Waals surface area (Å²) >= 11 is 7.59. The smallest absolute Gasteiger partial charge is 0.185 e. The van der Waals surface area contributed by atoms with Crippen molar-refractivity contribution in [2.24, 2.45) is 0 Å². The van der Waals surface area contributed by atoms with Gasteiger partial charge in [-0.3, -0.25) is 4.79 Å². The van der Waals surface area contributed by atoms with E-state index in [2.05, 4.69) is 25.3 Å². The Hall–Kier alpha value is 0.370. The molecule has 0 bridgehead atoms. The Balaban J connectivity index is 2.82. The van der Waals surface area contributed by atoms with Crippen molar-refractivity contribution >= 4 is 30.4 Å². The molecule has 0 aliphatic heterocycles. The summed E-state index contributed by atoms with van der Waals surface area (Å²) in [5.41, 5.74) is 0. The highest BCUT2D eigenvalue weighted by atomic mass is 32.1. The number of thiol groups is 2. The number of carbonyl (C=O) groups excluding carboxylic acids is 1. The van der Waals surface area contributed by atoms with Crippen molar-refractivity contribution in [1.29, 1.82) is 0 Å². The van der Waals surface area contributed by atoms with Crippen molar-refractivity contribution in [2.45, 2.75) is 19.3 Å². The molecule has 0 radical (unpaired) electrons. The van der Waals surface area contributed by atoms with Gasteiger partial charge in [0.25, 0.3) is 0 Å². The van der Waals surface area contributed by atoms with Crippen LogP contribution in [0.4, 0.5) is 0 Å². The molecular formula is C5H10OS2. The molecule has 1 nitrogen and oxygen atoms in total. The zero-order valence-corrected chi connectivity index (χ0v) is 6.42. The van der Waals surface area contributed by atoms with Gasteiger partial charge in [-0.2, -0.15) is 12.6 Å². The number of hydrogen-bond donors (Lipinski definition) is 2. The molecule has 0 saturated heterocycles. The second kappa shape index (κ2) is 5.51. The molecule has 8 heavy (non-hydrogen) atoms. The minimum absolute atomic E-state index is 0.0215. The van der Waals surface area contributed by atoms with Gasteiger partial charge in [-0.1, -0.05) is 0 Å². The van der Waals surface area contributed by atoms with E-state index in [1.54, 1.807) is 0 Å². The first-order chi connectivity index (χ1) is 3.77. The third kappa shape index (κ3) is 6.37. The lowest BCUT2D eigenvalue weighted by molar-refractivity contribution is -0.110. The first kappa shape index (κ1) is 8.37. The van der Waals surface area contributed by atoms with Crippen LogP contribution in [0.25, 0.3) is 0 Å². The molecule has 3 heteroatoms. The Morgan fingerprint density at radius 3 is 2.38 bits per heavy atom. The molecule has 0 aliphatic carbocycles. The lowest BCUT2D eigenvalue weighted by atomic mass is 10.3. The molecule has 48 valence electrons. The van der Waals surface area contributed by atoms with E-state index < -0.39 is 0 Å². The Kier molecular flexibility index (Phi) is 5.76. The van der Waals surface area contributed by atoms with Gasteiger partial charge in [0.05, 0.1) is 0 Å². The van der Waals surface area contributed by atoms with Crippen LogP contribution < -0.4 is 0 Å². The molecule has 0 heterocycles. The third-order valence-electron chi connectivity index (χ3n) is 0.799. The summed E-state index contributed by atoms with van der Waals surface area (Å²) in [6.45, 7) is 0. The fourth-order valence-electron chi connectivity index (χ4n) is 0.388. The standard InChI is InChI=1S/C5H10OS2/c6-5(8)3-1-2-4-7/h7H,1-4H2,(H,6,8). The van der Waals surface area contributed by atoms with Gasteiger partial charge in [0.1, 0.15) is 0 Å². The average molecular weight is 150 g/mol. The molecular weight excluding hydrogens is 140 g/mol. The topological polar surface area (TPSA) is 17.1 Å². The van der Waals surface area contributed by atoms with Gasteiger partial charge in [-0.15, -0.1) is 12.6 Å². The van der Waals surface area contributed by atoms with Crippen LogP contribution in [0, 0.1) is 0 Å². The van der Waals surface area contributed by atoms with Gasteiger partial charge >= 0.3 is 0 Å². The summed E-state index contributed by atoms with van der Waals surface area (Å²) in [6, 6.07) is 0. The predicted molar refractivity (Wildman–Crippen MR) is 41.7 cm³/mol. The van der Waals surface area contributed by atoms with Crippen molar-refractivity contribution in [3.8, 4) is 0 Å². The molecule has 0 aromatic carbocycles. The molecule has 0 rings (SSSR count). The van der Waals surface area contributed by atoms with Gasteiger partial charge < -0.3 is 0 Å². The summed E-state index contributed by atoms with van der Waals surface area (Å²) in [5, 5.41) is -0.0215. The van der Waals surface area contributed by atoms with Crippen molar-refractivity contribution in [2.75, 3.05) is 5.75 Å². The second-order valence-corrected chi connectivity index (χ2v) is 2.52. The summed E-state index contributed by atoms with van der Waals surface area (Å²) in [5.74, 6) is 0.862. The zero-order chi connectivity index (χ0) is 6.41. The summed E-state index contributed by atoms with van der Waals surface area (Å²) < 4.78 is 0. The summed E-state index contributed by atoms with van der Waals surface area (Å²) in [6.07, 6.45) is 2.52. The lowest BCUT2D eigenvalue weighted by Gasteiger charge is -1.89. The number of carbonyl (C=O) groups is 1. The number of rotatable bonds is 4. The van der Waals surface area contributed by atoms with Gasteiger partial charge in [0.2, 0.25) is 0 Å². The largest absolute Gasteiger partial charge is 0.288 e. The lowest BCUT2D eigenvalue weighted by Crippen LogP contribution is -1.85. The minimum atomic E-state index is -0.0215. The molecule has 0 N–H and O–H groups in total. The SMILES string of the molecule is O=C(S)CCCCS. The van der Waals surface area contributed by atoms with Crippen LogP contribution in [0.1, 0.15) is 19.3 Å². The van der Waals surface area contributed by atoms with Crippen molar-refractivity contribution in [3.05, 3.63) is 0 Å². The molecule has 0 aromatic rings. The first-order valence-corrected chi connectivity index (χ1v) is 3.68. The Morgan fingerprint density at radius 1 is 1.38 bits per heavy atom. The van der Waals surface area contributed by atoms with Crippen LogP contribution in [-0.2, 0) is 4.79 Å². The van der Waals surface area contributed by atoms with Gasteiger partial charge in [0, 0.05) is 6.42 Å². The third-order valence-corrected chi connectivity index (χ3v) is 1.34. The highest BCUT2D eigenvalue weighted by molar-refractivity contribution is 7.96. The van der Waals surface area contributed by atoms with E-state index in [0.29, 0.717) is 6.42 Å². The van der Waals surface area contributed by atoms with Crippen LogP contribution in [0.3, 0.4) is 0 Å². The maximum Gasteiger partial charge on any atom is 0.185 e. The fourth-order valence-corrected chi connectivity index (χ4v) is 0.770. The number of unbranched alkanes of at least 4 members (excludes halogenated alkanes) is 1. The van der Waals surface area contributed by atoms with Crippen LogP contribution in [0.2, 0.25) is 0 Å². The van der Waals surface area contributed by atoms with E-state index >= 15 is 0 Å². The molecule has 0 fully saturated rings. The van der Waals surface area contributed by atoms with E-state index in [1.807, 2.05) is 0 Å². The van der Waals surface area contributed by atoms with Crippen molar-refractivity contribution in [1.82, 2.24) is 0 Å². The van der Waals surface area contributed by atoms with E-state index in [-0.39, 0.29) is 5.12 Å².